The molecule has 2 atom stereocenters. The Kier molecular flexibility index (Phi) is 11.0. The van der Waals surface area contributed by atoms with Gasteiger partial charge in [0.05, 0.1) is 18.5 Å². The van der Waals surface area contributed by atoms with E-state index >= 15 is 0 Å². The summed E-state index contributed by atoms with van der Waals surface area (Å²) in [4.78, 5) is 39.5. The molecule has 3 N–H and O–H groups in total. The molecule has 10 nitrogen and oxygen atoms in total. The molecule has 2 unspecified atom stereocenters. The van der Waals surface area contributed by atoms with Gasteiger partial charge in [-0.2, -0.15) is 0 Å². The van der Waals surface area contributed by atoms with E-state index in [0.717, 1.165) is 24.0 Å². The van der Waals surface area contributed by atoms with Crippen LogP contribution < -0.4 is 20.1 Å². The maximum atomic E-state index is 13.3. The zero-order valence-corrected chi connectivity index (χ0v) is 23.7. The lowest BCUT2D eigenvalue weighted by Crippen LogP contribution is -2.46. The third-order valence-corrected chi connectivity index (χ3v) is 6.82. The van der Waals surface area contributed by atoms with Gasteiger partial charge in [0.1, 0.15) is 6.61 Å². The zero-order chi connectivity index (χ0) is 29.7. The number of nitrogens with zero attached hydrogens (tertiary/aromatic N) is 1. The first kappa shape index (κ1) is 30.2. The van der Waals surface area contributed by atoms with E-state index in [1.54, 1.807) is 23.1 Å². The Morgan fingerprint density at radius 3 is 2.17 bits per heavy atom. The molecule has 0 saturated heterocycles. The maximum absolute atomic E-state index is 13.3. The molecule has 42 heavy (non-hydrogen) atoms. The van der Waals surface area contributed by atoms with E-state index in [-0.39, 0.29) is 19.8 Å². The third kappa shape index (κ3) is 9.15. The summed E-state index contributed by atoms with van der Waals surface area (Å²) >= 11 is 0. The number of amides is 3. The molecule has 10 heteroatoms. The van der Waals surface area contributed by atoms with Gasteiger partial charge in [0, 0.05) is 13.1 Å². The second-order valence-electron chi connectivity index (χ2n) is 10.1. The molecule has 222 valence electrons. The van der Waals surface area contributed by atoms with Crippen molar-refractivity contribution < 1.29 is 33.7 Å². The standard InChI is InChI=1S/C32H37N3O7/c1-2-3-14-26(33-31(38)34-27(18-30(36)37)25-15-16-28-29(17-25)42-22-41-28)21-40-32(39)35(19-23-10-6-4-7-11-23)20-24-12-8-5-9-13-24/h4-13,15-17,26-27H,2-3,14,18-22H2,1H3,(H,36,37)(H2,33,34,38). The number of carboxylic acid groups (broad SMARTS) is 1. The van der Waals surface area contributed by atoms with Crippen molar-refractivity contribution in [2.45, 2.75) is 57.8 Å². The number of ether oxygens (including phenoxy) is 3. The number of hydrogen-bond acceptors (Lipinski definition) is 6. The van der Waals surface area contributed by atoms with Crippen LogP contribution in [0.2, 0.25) is 0 Å². The van der Waals surface area contributed by atoms with E-state index < -0.39 is 30.2 Å². The van der Waals surface area contributed by atoms with Crippen LogP contribution in [0.15, 0.2) is 78.9 Å². The molecule has 0 saturated carbocycles. The predicted octanol–water partition coefficient (Wildman–Crippen LogP) is 5.63. The first-order valence-corrected chi connectivity index (χ1v) is 14.1. The van der Waals surface area contributed by atoms with Crippen LogP contribution in [-0.4, -0.2) is 47.5 Å². The summed E-state index contributed by atoms with van der Waals surface area (Å²) in [6.07, 6.45) is 1.47. The number of aliphatic carboxylic acids is 1. The van der Waals surface area contributed by atoms with Crippen molar-refractivity contribution in [2.75, 3.05) is 13.4 Å². The highest BCUT2D eigenvalue weighted by Gasteiger charge is 2.24. The lowest BCUT2D eigenvalue weighted by Gasteiger charge is -2.25. The van der Waals surface area contributed by atoms with Gasteiger partial charge >= 0.3 is 18.1 Å². The highest BCUT2D eigenvalue weighted by atomic mass is 16.7. The largest absolute Gasteiger partial charge is 0.481 e. The number of unbranched alkanes of at least 4 members (excludes halogenated alkanes) is 1. The molecule has 1 heterocycles. The zero-order valence-electron chi connectivity index (χ0n) is 23.7. The molecule has 0 spiro atoms. The number of urea groups is 1. The molecule has 3 amide bonds. The minimum atomic E-state index is -1.06. The molecule has 0 aromatic heterocycles. The number of benzene rings is 3. The van der Waals surface area contributed by atoms with Gasteiger partial charge in [-0.1, -0.05) is 86.5 Å². The van der Waals surface area contributed by atoms with Crippen LogP contribution >= 0.6 is 0 Å². The molecule has 3 aromatic rings. The monoisotopic (exact) mass is 575 g/mol. The van der Waals surface area contributed by atoms with E-state index in [9.17, 15) is 19.5 Å². The number of hydrogen-bond donors (Lipinski definition) is 3. The summed E-state index contributed by atoms with van der Waals surface area (Å²) < 4.78 is 16.5. The Labute approximate surface area is 245 Å². The maximum Gasteiger partial charge on any atom is 0.410 e. The SMILES string of the molecule is CCCCC(COC(=O)N(Cc1ccccc1)Cc1ccccc1)NC(=O)NC(CC(=O)O)c1ccc2c(c1)OCO2. The van der Waals surface area contributed by atoms with Gasteiger partial charge in [-0.15, -0.1) is 0 Å². The molecule has 0 aliphatic carbocycles. The number of carbonyl (C=O) groups is 3. The van der Waals surface area contributed by atoms with Gasteiger partial charge in [0.15, 0.2) is 11.5 Å². The number of carbonyl (C=O) groups excluding carboxylic acids is 2. The fourth-order valence-electron chi connectivity index (χ4n) is 4.65. The average molecular weight is 576 g/mol. The Morgan fingerprint density at radius 2 is 1.55 bits per heavy atom. The normalized spacial score (nSPS) is 13.1. The van der Waals surface area contributed by atoms with Crippen molar-refractivity contribution in [2.24, 2.45) is 0 Å². The second-order valence-corrected chi connectivity index (χ2v) is 10.1. The predicted molar refractivity (Wildman–Crippen MR) is 156 cm³/mol. The topological polar surface area (TPSA) is 126 Å². The van der Waals surface area contributed by atoms with Crippen LogP contribution in [0.5, 0.6) is 11.5 Å². The van der Waals surface area contributed by atoms with Crippen molar-refractivity contribution in [3.63, 3.8) is 0 Å². The molecular formula is C32H37N3O7. The summed E-state index contributed by atoms with van der Waals surface area (Å²) in [7, 11) is 0. The van der Waals surface area contributed by atoms with Crippen LogP contribution in [0.3, 0.4) is 0 Å². The Balaban J connectivity index is 1.40. The van der Waals surface area contributed by atoms with Crippen molar-refractivity contribution >= 4 is 18.1 Å². The van der Waals surface area contributed by atoms with Crippen molar-refractivity contribution in [1.82, 2.24) is 15.5 Å². The molecule has 4 rings (SSSR count). The molecule has 3 aromatic carbocycles. The van der Waals surface area contributed by atoms with Crippen LogP contribution in [-0.2, 0) is 22.6 Å². The van der Waals surface area contributed by atoms with Gasteiger partial charge in [-0.05, 0) is 35.2 Å². The van der Waals surface area contributed by atoms with Crippen molar-refractivity contribution in [1.29, 1.82) is 0 Å². The Morgan fingerprint density at radius 1 is 0.905 bits per heavy atom. The lowest BCUT2D eigenvalue weighted by atomic mass is 10.0. The summed E-state index contributed by atoms with van der Waals surface area (Å²) in [5, 5.41) is 15.1. The van der Waals surface area contributed by atoms with E-state index in [1.807, 2.05) is 67.6 Å². The lowest BCUT2D eigenvalue weighted by molar-refractivity contribution is -0.137. The molecule has 0 fully saturated rings. The number of carboxylic acids is 1. The molecule has 1 aliphatic heterocycles. The first-order chi connectivity index (χ1) is 20.4. The molecule has 1 aliphatic rings. The smallest absolute Gasteiger partial charge is 0.410 e. The summed E-state index contributed by atoms with van der Waals surface area (Å²) in [6.45, 7) is 2.83. The van der Waals surface area contributed by atoms with E-state index in [4.69, 9.17) is 14.2 Å². The Hall–Kier alpha value is -4.73. The van der Waals surface area contributed by atoms with Crippen LogP contribution in [0.25, 0.3) is 0 Å². The van der Waals surface area contributed by atoms with Gasteiger partial charge in [-0.3, -0.25) is 9.69 Å². The van der Waals surface area contributed by atoms with Crippen molar-refractivity contribution in [3.05, 3.63) is 95.6 Å². The van der Waals surface area contributed by atoms with Gasteiger partial charge in [0.25, 0.3) is 0 Å². The summed E-state index contributed by atoms with van der Waals surface area (Å²) in [5.41, 5.74) is 2.52. The van der Waals surface area contributed by atoms with E-state index in [2.05, 4.69) is 10.6 Å². The highest BCUT2D eigenvalue weighted by Crippen LogP contribution is 2.34. The van der Waals surface area contributed by atoms with E-state index in [1.165, 1.54) is 0 Å². The molecule has 0 radical (unpaired) electrons. The number of nitrogens with one attached hydrogen (secondary N) is 2. The van der Waals surface area contributed by atoms with Gasteiger partial charge in [-0.25, -0.2) is 9.59 Å². The average Bonchev–Trinajstić information content (AvgIpc) is 3.47. The fourth-order valence-corrected chi connectivity index (χ4v) is 4.65. The fraction of sp³-hybridized carbons (Fsp3) is 0.344. The molecular weight excluding hydrogens is 538 g/mol. The van der Waals surface area contributed by atoms with Crippen LogP contribution in [0, 0.1) is 0 Å². The third-order valence-electron chi connectivity index (χ3n) is 6.82. The summed E-state index contributed by atoms with van der Waals surface area (Å²) in [6, 6.07) is 22.6. The van der Waals surface area contributed by atoms with Crippen LogP contribution in [0.1, 0.15) is 55.3 Å². The molecule has 0 bridgehead atoms. The highest BCUT2D eigenvalue weighted by molar-refractivity contribution is 5.76. The minimum Gasteiger partial charge on any atom is -0.481 e. The number of rotatable bonds is 14. The number of fused-ring (bicyclic) bond motifs is 1. The minimum absolute atomic E-state index is 0.0278. The first-order valence-electron chi connectivity index (χ1n) is 14.1. The quantitative estimate of drug-likeness (QED) is 0.227. The van der Waals surface area contributed by atoms with Crippen LogP contribution in [0.4, 0.5) is 9.59 Å². The second kappa shape index (κ2) is 15.3. The summed E-state index contributed by atoms with van der Waals surface area (Å²) in [5.74, 6) is -0.00737. The van der Waals surface area contributed by atoms with Gasteiger partial charge in [0.2, 0.25) is 6.79 Å². The Bertz CT molecular complexity index is 1280. The van der Waals surface area contributed by atoms with Gasteiger partial charge < -0.3 is 30.0 Å². The van der Waals surface area contributed by atoms with Crippen molar-refractivity contribution in [3.8, 4) is 11.5 Å². The van der Waals surface area contributed by atoms with E-state index in [0.29, 0.717) is 36.6 Å².